The largest absolute Gasteiger partial charge is 0.495 e. The molecule has 1 amide bonds. The summed E-state index contributed by atoms with van der Waals surface area (Å²) in [7, 11) is 3.21. The number of piperidine rings is 1. The van der Waals surface area contributed by atoms with E-state index in [0.29, 0.717) is 18.8 Å². The zero-order chi connectivity index (χ0) is 19.2. The van der Waals surface area contributed by atoms with Crippen LogP contribution in [0.15, 0.2) is 12.1 Å². The van der Waals surface area contributed by atoms with Crippen LogP contribution in [0.2, 0.25) is 0 Å². The lowest BCUT2D eigenvalue weighted by Crippen LogP contribution is -2.56. The minimum absolute atomic E-state index is 0.0296. The van der Waals surface area contributed by atoms with Crippen molar-refractivity contribution in [1.29, 1.82) is 0 Å². The van der Waals surface area contributed by atoms with Crippen molar-refractivity contribution in [3.63, 3.8) is 0 Å². The molecule has 146 valence electrons. The molecule has 2 aliphatic rings. The van der Waals surface area contributed by atoms with E-state index >= 15 is 0 Å². The fraction of sp³-hybridized carbons (Fsp3) is 0.556. The predicted octanol–water partition coefficient (Wildman–Crippen LogP) is 3.01. The number of methoxy groups -OCH3 is 2. The van der Waals surface area contributed by atoms with Gasteiger partial charge >= 0.3 is 0 Å². The van der Waals surface area contributed by atoms with Gasteiger partial charge in [0, 0.05) is 39.0 Å². The predicted molar refractivity (Wildman–Crippen MR) is 99.2 cm³/mol. The van der Waals surface area contributed by atoms with Crippen molar-refractivity contribution in [1.82, 2.24) is 9.88 Å². The topological polar surface area (TPSA) is 54.9 Å². The minimum Gasteiger partial charge on any atom is -0.495 e. The maximum atomic E-state index is 13.3. The van der Waals surface area contributed by atoms with Crippen molar-refractivity contribution in [2.24, 2.45) is 5.92 Å². The summed E-state index contributed by atoms with van der Waals surface area (Å²) < 4.78 is 38.2. The molecular formula is C18H21F2N3O3S. The Balaban J connectivity index is 1.44. The average molecular weight is 397 g/mol. The first kappa shape index (κ1) is 18.2. The first-order chi connectivity index (χ1) is 12.9. The fourth-order valence-electron chi connectivity index (χ4n) is 3.51. The fourth-order valence-corrected chi connectivity index (χ4v) is 4.61. The van der Waals surface area contributed by atoms with E-state index in [0.717, 1.165) is 21.1 Å². The molecule has 9 heteroatoms. The van der Waals surface area contributed by atoms with Gasteiger partial charge in [-0.05, 0) is 12.1 Å². The lowest BCUT2D eigenvalue weighted by Gasteiger charge is -2.42. The lowest BCUT2D eigenvalue weighted by atomic mass is 9.97. The van der Waals surface area contributed by atoms with Crippen LogP contribution in [-0.4, -0.2) is 62.1 Å². The Labute approximate surface area is 159 Å². The Hall–Kier alpha value is -2.16. The van der Waals surface area contributed by atoms with Crippen molar-refractivity contribution >= 4 is 32.6 Å². The monoisotopic (exact) mass is 397 g/mol. The Morgan fingerprint density at radius 3 is 2.44 bits per heavy atom. The third-order valence-electron chi connectivity index (χ3n) is 5.21. The molecule has 0 atom stereocenters. The van der Waals surface area contributed by atoms with Crippen LogP contribution in [0, 0.1) is 5.92 Å². The van der Waals surface area contributed by atoms with Crippen LogP contribution in [-0.2, 0) is 4.79 Å². The summed E-state index contributed by atoms with van der Waals surface area (Å²) in [6.07, 6.45) is -0.487. The van der Waals surface area contributed by atoms with Crippen molar-refractivity contribution in [3.05, 3.63) is 12.1 Å². The van der Waals surface area contributed by atoms with Gasteiger partial charge in [0.15, 0.2) is 5.13 Å². The Kier molecular flexibility index (Phi) is 4.57. The second-order valence-electron chi connectivity index (χ2n) is 6.93. The molecule has 0 saturated carbocycles. The summed E-state index contributed by atoms with van der Waals surface area (Å²) in [6, 6.07) is 3.66. The number of alkyl halides is 2. The van der Waals surface area contributed by atoms with Gasteiger partial charge in [0.05, 0.1) is 20.1 Å². The second kappa shape index (κ2) is 6.78. The van der Waals surface area contributed by atoms with Gasteiger partial charge in [0.2, 0.25) is 5.91 Å². The summed E-state index contributed by atoms with van der Waals surface area (Å²) in [4.78, 5) is 20.8. The van der Waals surface area contributed by atoms with Gasteiger partial charge in [0.1, 0.15) is 21.7 Å². The third-order valence-corrected chi connectivity index (χ3v) is 6.34. The zero-order valence-electron chi connectivity index (χ0n) is 15.2. The van der Waals surface area contributed by atoms with Crippen LogP contribution in [0.4, 0.5) is 13.9 Å². The number of carbonyl (C=O) groups excluding carboxylic acids is 1. The van der Waals surface area contributed by atoms with Crippen molar-refractivity contribution in [2.75, 3.05) is 45.3 Å². The standard InChI is InChI=1S/C18H21F2N3O3S/c1-25-12-3-4-13(26-2)15-14(12)21-17(27-15)23-9-11(10-23)16(24)22-7-5-18(19,20)6-8-22/h3-4,11H,5-10H2,1-2H3. The van der Waals surface area contributed by atoms with Gasteiger partial charge in [0.25, 0.3) is 5.92 Å². The van der Waals surface area contributed by atoms with Gasteiger partial charge in [-0.3, -0.25) is 4.79 Å². The van der Waals surface area contributed by atoms with E-state index in [4.69, 9.17) is 9.47 Å². The second-order valence-corrected chi connectivity index (χ2v) is 7.90. The molecule has 2 aromatic rings. The van der Waals surface area contributed by atoms with Crippen molar-refractivity contribution < 1.29 is 23.0 Å². The smallest absolute Gasteiger partial charge is 0.251 e. The summed E-state index contributed by atoms with van der Waals surface area (Å²) >= 11 is 1.50. The van der Waals surface area contributed by atoms with Gasteiger partial charge in [-0.2, -0.15) is 0 Å². The SMILES string of the molecule is COc1ccc(OC)c2sc(N3CC(C(=O)N4CCC(F)(F)CC4)C3)nc12. The van der Waals surface area contributed by atoms with E-state index in [1.54, 1.807) is 19.1 Å². The van der Waals surface area contributed by atoms with E-state index in [-0.39, 0.29) is 37.8 Å². The van der Waals surface area contributed by atoms with Gasteiger partial charge in [-0.15, -0.1) is 0 Å². The lowest BCUT2D eigenvalue weighted by molar-refractivity contribution is -0.142. The Morgan fingerprint density at radius 2 is 1.81 bits per heavy atom. The van der Waals surface area contributed by atoms with Gasteiger partial charge < -0.3 is 19.3 Å². The van der Waals surface area contributed by atoms with E-state index in [1.807, 2.05) is 17.0 Å². The molecule has 3 heterocycles. The first-order valence-electron chi connectivity index (χ1n) is 8.85. The highest BCUT2D eigenvalue weighted by Crippen LogP contribution is 2.41. The van der Waals surface area contributed by atoms with Gasteiger partial charge in [-0.1, -0.05) is 11.3 Å². The van der Waals surface area contributed by atoms with Gasteiger partial charge in [-0.25, -0.2) is 13.8 Å². The highest BCUT2D eigenvalue weighted by atomic mass is 32.1. The summed E-state index contributed by atoms with van der Waals surface area (Å²) in [5.74, 6) is -1.42. The van der Waals surface area contributed by atoms with Crippen molar-refractivity contribution in [3.8, 4) is 11.5 Å². The third kappa shape index (κ3) is 3.28. The average Bonchev–Trinajstić information content (AvgIpc) is 3.04. The van der Waals surface area contributed by atoms with E-state index < -0.39 is 5.92 Å². The molecule has 0 bridgehead atoms. The molecule has 6 nitrogen and oxygen atoms in total. The summed E-state index contributed by atoms with van der Waals surface area (Å²) in [5.41, 5.74) is 0.741. The normalized spacial score (nSPS) is 19.9. The van der Waals surface area contributed by atoms with E-state index in [2.05, 4.69) is 4.98 Å². The minimum atomic E-state index is -2.64. The van der Waals surface area contributed by atoms with E-state index in [9.17, 15) is 13.6 Å². The van der Waals surface area contributed by atoms with Crippen LogP contribution in [0.25, 0.3) is 10.2 Å². The van der Waals surface area contributed by atoms with Crippen LogP contribution in [0.1, 0.15) is 12.8 Å². The molecule has 2 aliphatic heterocycles. The van der Waals surface area contributed by atoms with Crippen LogP contribution >= 0.6 is 11.3 Å². The quantitative estimate of drug-likeness (QED) is 0.794. The zero-order valence-corrected chi connectivity index (χ0v) is 16.0. The number of nitrogens with zero attached hydrogens (tertiary/aromatic N) is 3. The highest BCUT2D eigenvalue weighted by Gasteiger charge is 2.41. The highest BCUT2D eigenvalue weighted by molar-refractivity contribution is 7.22. The number of hydrogen-bond donors (Lipinski definition) is 0. The molecule has 2 saturated heterocycles. The molecule has 2 fully saturated rings. The number of rotatable bonds is 4. The summed E-state index contributed by atoms with van der Waals surface area (Å²) in [6.45, 7) is 1.38. The van der Waals surface area contributed by atoms with Crippen LogP contribution in [0.5, 0.6) is 11.5 Å². The number of benzene rings is 1. The first-order valence-corrected chi connectivity index (χ1v) is 9.66. The number of hydrogen-bond acceptors (Lipinski definition) is 6. The number of ether oxygens (including phenoxy) is 2. The number of aromatic nitrogens is 1. The number of carbonyl (C=O) groups is 1. The Morgan fingerprint density at radius 1 is 1.19 bits per heavy atom. The van der Waals surface area contributed by atoms with Crippen LogP contribution < -0.4 is 14.4 Å². The maximum Gasteiger partial charge on any atom is 0.251 e. The molecule has 0 radical (unpaired) electrons. The molecular weight excluding hydrogens is 376 g/mol. The summed E-state index contributed by atoms with van der Waals surface area (Å²) in [5, 5.41) is 0.807. The number of thiazole rings is 1. The molecule has 1 aromatic heterocycles. The number of halogens is 2. The number of amides is 1. The molecule has 27 heavy (non-hydrogen) atoms. The van der Waals surface area contributed by atoms with Crippen LogP contribution in [0.3, 0.4) is 0 Å². The number of fused-ring (bicyclic) bond motifs is 1. The molecule has 0 N–H and O–H groups in total. The maximum absolute atomic E-state index is 13.3. The molecule has 0 spiro atoms. The number of likely N-dealkylation sites (tertiary alicyclic amines) is 1. The Bertz CT molecular complexity index is 816. The molecule has 0 aliphatic carbocycles. The van der Waals surface area contributed by atoms with E-state index in [1.165, 1.54) is 11.3 Å². The molecule has 1 aromatic carbocycles. The molecule has 4 rings (SSSR count). The number of anilines is 1. The molecule has 0 unspecified atom stereocenters. The van der Waals surface area contributed by atoms with Crippen molar-refractivity contribution in [2.45, 2.75) is 18.8 Å².